The van der Waals surface area contributed by atoms with Crippen LogP contribution in [0.3, 0.4) is 0 Å². The molecule has 0 aliphatic carbocycles. The van der Waals surface area contributed by atoms with E-state index in [1.54, 1.807) is 36.4 Å². The Morgan fingerprint density at radius 2 is 1.52 bits per heavy atom. The van der Waals surface area contributed by atoms with Gasteiger partial charge in [-0.05, 0) is 24.3 Å². The number of anilines is 1. The Morgan fingerprint density at radius 3 is 2.04 bits per heavy atom. The van der Waals surface area contributed by atoms with Crippen LogP contribution in [0.1, 0.15) is 11.1 Å². The topological polar surface area (TPSA) is 106 Å². The first-order chi connectivity index (χ1) is 11.5. The van der Waals surface area contributed by atoms with Gasteiger partial charge in [-0.2, -0.15) is 0 Å². The summed E-state index contributed by atoms with van der Waals surface area (Å²) in [5, 5.41) is 5.98. The maximum atomic E-state index is 11.1. The van der Waals surface area contributed by atoms with Gasteiger partial charge in [0.25, 0.3) is 0 Å². The minimum Gasteiger partial charge on any atom is -0.283 e. The summed E-state index contributed by atoms with van der Waals surface area (Å²) in [5.41, 5.74) is 1.61. The molecule has 3 rings (SSSR count). The summed E-state index contributed by atoms with van der Waals surface area (Å²) in [5.74, 6) is -0.354. The lowest BCUT2D eigenvalue weighted by atomic mass is 10.2. The van der Waals surface area contributed by atoms with Gasteiger partial charge in [0.15, 0.2) is 0 Å². The van der Waals surface area contributed by atoms with Gasteiger partial charge in [0.1, 0.15) is 0 Å². The van der Waals surface area contributed by atoms with Crippen LogP contribution < -0.4 is 9.86 Å². The molecule has 0 radical (unpaired) electrons. The zero-order chi connectivity index (χ0) is 18.8. The number of primary sulfonamides is 1. The van der Waals surface area contributed by atoms with Gasteiger partial charge < -0.3 is 0 Å². The minimum atomic E-state index is -3.59. The van der Waals surface area contributed by atoms with Gasteiger partial charge in [-0.1, -0.05) is 46.9 Å². The van der Waals surface area contributed by atoms with E-state index in [4.69, 9.17) is 39.9 Å². The summed E-state index contributed by atoms with van der Waals surface area (Å²) in [6.07, 6.45) is 0. The minimum absolute atomic E-state index is 0.0119. The van der Waals surface area contributed by atoms with Gasteiger partial charge in [0.05, 0.1) is 17.2 Å². The highest BCUT2D eigenvalue weighted by Gasteiger charge is 2.24. The molecule has 1 aliphatic heterocycles. The molecule has 3 N–H and O–H groups in total. The summed E-state index contributed by atoms with van der Waals surface area (Å²) in [6.45, 7) is 0. The van der Waals surface area contributed by atoms with Crippen LogP contribution in [0.25, 0.3) is 0 Å². The molecule has 11 heteroatoms. The Morgan fingerprint density at radius 1 is 1.00 bits per heavy atom. The molecule has 25 heavy (non-hydrogen) atoms. The first kappa shape index (κ1) is 20.3. The Labute approximate surface area is 161 Å². The number of nitrogens with one attached hydrogen (secondary N) is 1. The van der Waals surface area contributed by atoms with Crippen molar-refractivity contribution in [3.63, 3.8) is 0 Å². The van der Waals surface area contributed by atoms with E-state index in [9.17, 15) is 16.8 Å². The average molecular weight is 444 g/mol. The summed E-state index contributed by atoms with van der Waals surface area (Å²) in [4.78, 5) is 0. The van der Waals surface area contributed by atoms with E-state index >= 15 is 0 Å². The number of halogens is 3. The fourth-order valence-electron chi connectivity index (χ4n) is 2.07. The van der Waals surface area contributed by atoms with Crippen molar-refractivity contribution in [2.45, 2.75) is 11.5 Å². The van der Waals surface area contributed by atoms with E-state index < -0.39 is 20.0 Å². The highest BCUT2D eigenvalue weighted by atomic mass is 35.5. The Bertz CT molecular complexity index is 988. The first-order valence-electron chi connectivity index (χ1n) is 6.70. The largest absolute Gasteiger partial charge is 0.283 e. The van der Waals surface area contributed by atoms with Crippen LogP contribution >= 0.6 is 34.8 Å². The molecule has 2 aromatic carbocycles. The van der Waals surface area contributed by atoms with Crippen molar-refractivity contribution in [3.8, 4) is 0 Å². The van der Waals surface area contributed by atoms with Crippen molar-refractivity contribution in [2.75, 3.05) is 4.72 Å². The maximum absolute atomic E-state index is 11.1. The van der Waals surface area contributed by atoms with Gasteiger partial charge in [0, 0.05) is 26.2 Å². The Kier molecular flexibility index (Phi) is 6.24. The fourth-order valence-corrected chi connectivity index (χ4v) is 5.08. The summed E-state index contributed by atoms with van der Waals surface area (Å²) >= 11 is 17.3. The molecule has 0 saturated heterocycles. The van der Waals surface area contributed by atoms with E-state index in [0.29, 0.717) is 31.9 Å². The van der Waals surface area contributed by atoms with Crippen LogP contribution in [-0.4, -0.2) is 16.8 Å². The van der Waals surface area contributed by atoms with Crippen molar-refractivity contribution in [1.82, 2.24) is 0 Å². The second-order valence-corrected chi connectivity index (χ2v) is 9.69. The van der Waals surface area contributed by atoms with Gasteiger partial charge >= 0.3 is 0 Å². The lowest BCUT2D eigenvalue weighted by molar-refractivity contribution is 0.596. The predicted octanol–water partition coefficient (Wildman–Crippen LogP) is 3.38. The monoisotopic (exact) mass is 442 g/mol. The second kappa shape index (κ2) is 7.69. The van der Waals surface area contributed by atoms with Crippen molar-refractivity contribution in [1.29, 1.82) is 0 Å². The molecule has 1 aliphatic rings. The number of hydrogen-bond donors (Lipinski definition) is 2. The Hall–Kier alpha value is -1.03. The van der Waals surface area contributed by atoms with E-state index in [0.717, 1.165) is 0 Å². The molecule has 0 fully saturated rings. The van der Waals surface area contributed by atoms with Crippen LogP contribution in [-0.2, 0) is 31.6 Å². The molecule has 0 aromatic heterocycles. The number of rotatable bonds is 2. The number of hydrogen-bond acceptors (Lipinski definition) is 4. The third kappa shape index (κ3) is 5.73. The normalized spacial score (nSPS) is 14.9. The molecular formula is C14H13Cl3N2O4S2. The number of sulfonamides is 2. The number of nitrogens with two attached hydrogens (primary N) is 1. The third-order valence-electron chi connectivity index (χ3n) is 3.13. The van der Waals surface area contributed by atoms with Crippen LogP contribution in [0.4, 0.5) is 5.69 Å². The molecule has 0 spiro atoms. The molecule has 0 bridgehead atoms. The first-order valence-corrected chi connectivity index (χ1v) is 11.2. The lowest BCUT2D eigenvalue weighted by Crippen LogP contribution is -2.15. The van der Waals surface area contributed by atoms with Crippen LogP contribution in [0.2, 0.25) is 15.1 Å². The fraction of sp³-hybridized carbons (Fsp3) is 0.143. The summed E-state index contributed by atoms with van der Waals surface area (Å²) in [6, 6.07) is 9.86. The number of fused-ring (bicyclic) bond motifs is 1. The van der Waals surface area contributed by atoms with Gasteiger partial charge in [-0.3, -0.25) is 4.72 Å². The molecule has 6 nitrogen and oxygen atoms in total. The smallest absolute Gasteiger partial charge is 0.237 e. The quantitative estimate of drug-likeness (QED) is 0.742. The van der Waals surface area contributed by atoms with Crippen LogP contribution in [0, 0.1) is 0 Å². The van der Waals surface area contributed by atoms with Crippen LogP contribution in [0.15, 0.2) is 36.4 Å². The molecule has 2 aromatic rings. The summed E-state index contributed by atoms with van der Waals surface area (Å²) in [7, 11) is -6.75. The SMILES string of the molecule is NS(=O)(=O)Cc1c(Cl)cccc1Cl.O=S1(=O)Cc2c(Cl)cccc2N1. The third-order valence-corrected chi connectivity index (χ3v) is 6.08. The highest BCUT2D eigenvalue weighted by Crippen LogP contribution is 2.32. The number of benzene rings is 2. The van der Waals surface area contributed by atoms with Crippen molar-refractivity contribution in [2.24, 2.45) is 5.14 Å². The summed E-state index contributed by atoms with van der Waals surface area (Å²) < 4.78 is 46.1. The average Bonchev–Trinajstić information content (AvgIpc) is 2.79. The van der Waals surface area contributed by atoms with Gasteiger partial charge in [-0.25, -0.2) is 22.0 Å². The van der Waals surface area contributed by atoms with Crippen molar-refractivity contribution < 1.29 is 16.8 Å². The van der Waals surface area contributed by atoms with Gasteiger partial charge in [-0.15, -0.1) is 0 Å². The standard InChI is InChI=1S/C7H7Cl2NO2S.C7H6ClNO2S/c8-6-2-1-3-7(9)5(6)4-13(10,11)12;8-6-2-1-3-7-5(6)4-12(10,11)9-7/h1-3H,4H2,(H2,10,11,12);1-3,9H,4H2. The molecular weight excluding hydrogens is 431 g/mol. The van der Waals surface area contributed by atoms with E-state index in [2.05, 4.69) is 4.72 Å². The second-order valence-electron chi connectivity index (χ2n) is 5.13. The molecule has 0 unspecified atom stereocenters. The van der Waals surface area contributed by atoms with Crippen molar-refractivity contribution >= 4 is 60.5 Å². The Balaban J connectivity index is 0.000000181. The molecule has 0 amide bonds. The molecule has 136 valence electrons. The van der Waals surface area contributed by atoms with E-state index in [-0.39, 0.29) is 11.5 Å². The zero-order valence-corrected chi connectivity index (χ0v) is 16.4. The predicted molar refractivity (Wildman–Crippen MR) is 101 cm³/mol. The highest BCUT2D eigenvalue weighted by molar-refractivity contribution is 7.92. The van der Waals surface area contributed by atoms with Crippen LogP contribution in [0.5, 0.6) is 0 Å². The molecule has 1 heterocycles. The van der Waals surface area contributed by atoms with Gasteiger partial charge in [0.2, 0.25) is 20.0 Å². The maximum Gasteiger partial charge on any atom is 0.237 e. The molecule has 0 atom stereocenters. The zero-order valence-electron chi connectivity index (χ0n) is 12.5. The lowest BCUT2D eigenvalue weighted by Gasteiger charge is -2.04. The molecule has 0 saturated carbocycles. The van der Waals surface area contributed by atoms with E-state index in [1.807, 2.05) is 0 Å². The van der Waals surface area contributed by atoms with Crippen molar-refractivity contribution in [3.05, 3.63) is 62.6 Å². The van der Waals surface area contributed by atoms with E-state index in [1.165, 1.54) is 0 Å².